The lowest BCUT2D eigenvalue weighted by molar-refractivity contribution is 0.408. The number of hydrogen-bond donors (Lipinski definition) is 1. The van der Waals surface area contributed by atoms with Crippen LogP contribution >= 0.6 is 15.9 Å². The van der Waals surface area contributed by atoms with Crippen LogP contribution < -0.4 is 10.5 Å². The Morgan fingerprint density at radius 3 is 2.25 bits per heavy atom. The minimum atomic E-state index is 0.738. The summed E-state index contributed by atoms with van der Waals surface area (Å²) in [4.78, 5) is 0. The second-order valence-corrected chi connectivity index (χ2v) is 4.89. The molecule has 0 aromatic heterocycles. The van der Waals surface area contributed by atoms with Crippen LogP contribution in [0.3, 0.4) is 0 Å². The van der Waals surface area contributed by atoms with Crippen LogP contribution in [-0.2, 0) is 6.42 Å². The third kappa shape index (κ3) is 2.41. The minimum Gasteiger partial charge on any atom is -0.495 e. The smallest absolute Gasteiger partial charge is 0.136 e. The highest BCUT2D eigenvalue weighted by Gasteiger charge is 2.15. The summed E-state index contributed by atoms with van der Waals surface area (Å²) in [6.45, 7) is 7.12. The number of ether oxygens (including phenoxy) is 1. The Bertz CT molecular complexity index is 359. The van der Waals surface area contributed by atoms with Crippen LogP contribution in [-0.4, -0.2) is 13.7 Å². The average Bonchev–Trinajstić information content (AvgIpc) is 2.27. The van der Waals surface area contributed by atoms with E-state index in [2.05, 4.69) is 36.7 Å². The summed E-state index contributed by atoms with van der Waals surface area (Å²) in [6, 6.07) is 0. The Kier molecular flexibility index (Phi) is 4.81. The van der Waals surface area contributed by atoms with Crippen molar-refractivity contribution in [2.24, 2.45) is 5.73 Å². The van der Waals surface area contributed by atoms with Crippen LogP contribution in [0, 0.1) is 20.8 Å². The molecule has 0 aliphatic rings. The van der Waals surface area contributed by atoms with Crippen LogP contribution in [0.1, 0.15) is 28.7 Å². The van der Waals surface area contributed by atoms with E-state index < -0.39 is 0 Å². The van der Waals surface area contributed by atoms with E-state index >= 15 is 0 Å². The zero-order valence-corrected chi connectivity index (χ0v) is 12.1. The van der Waals surface area contributed by atoms with Crippen molar-refractivity contribution < 1.29 is 4.74 Å². The molecule has 1 aromatic rings. The molecule has 90 valence electrons. The monoisotopic (exact) mass is 285 g/mol. The zero-order valence-electron chi connectivity index (χ0n) is 10.5. The Morgan fingerprint density at radius 2 is 1.75 bits per heavy atom. The topological polar surface area (TPSA) is 35.2 Å². The summed E-state index contributed by atoms with van der Waals surface area (Å²) < 4.78 is 6.50. The van der Waals surface area contributed by atoms with E-state index in [1.807, 2.05) is 0 Å². The Hall–Kier alpha value is -0.540. The van der Waals surface area contributed by atoms with Gasteiger partial charge in [-0.25, -0.2) is 0 Å². The maximum Gasteiger partial charge on any atom is 0.136 e. The Balaban J connectivity index is 3.29. The van der Waals surface area contributed by atoms with Gasteiger partial charge < -0.3 is 10.5 Å². The van der Waals surface area contributed by atoms with Crippen molar-refractivity contribution in [1.29, 1.82) is 0 Å². The highest BCUT2D eigenvalue weighted by Crippen LogP contribution is 2.37. The molecule has 0 atom stereocenters. The zero-order chi connectivity index (χ0) is 12.3. The number of rotatable bonds is 4. The Labute approximate surface area is 106 Å². The van der Waals surface area contributed by atoms with E-state index in [-0.39, 0.29) is 0 Å². The molecule has 0 bridgehead atoms. The standard InChI is InChI=1S/C13H20BrNO/c1-8-9(2)13(16-4)12(14)10(3)11(8)6-5-7-15/h5-7,15H2,1-4H3. The maximum absolute atomic E-state index is 5.57. The van der Waals surface area contributed by atoms with E-state index in [4.69, 9.17) is 10.5 Å². The van der Waals surface area contributed by atoms with Gasteiger partial charge in [-0.05, 0) is 78.3 Å². The van der Waals surface area contributed by atoms with Gasteiger partial charge in [0.1, 0.15) is 5.75 Å². The van der Waals surface area contributed by atoms with Crippen LogP contribution in [0.2, 0.25) is 0 Å². The lowest BCUT2D eigenvalue weighted by atomic mass is 9.94. The molecule has 16 heavy (non-hydrogen) atoms. The molecule has 0 unspecified atom stereocenters. The van der Waals surface area contributed by atoms with Crippen molar-refractivity contribution in [3.8, 4) is 5.75 Å². The van der Waals surface area contributed by atoms with E-state index in [0.717, 1.165) is 29.6 Å². The molecule has 0 aliphatic carbocycles. The quantitative estimate of drug-likeness (QED) is 0.922. The third-order valence-electron chi connectivity index (χ3n) is 3.17. The fourth-order valence-electron chi connectivity index (χ4n) is 2.04. The molecular weight excluding hydrogens is 266 g/mol. The fourth-order valence-corrected chi connectivity index (χ4v) is 2.74. The normalized spacial score (nSPS) is 10.6. The molecule has 0 amide bonds. The lowest BCUT2D eigenvalue weighted by Gasteiger charge is -2.18. The first-order chi connectivity index (χ1) is 7.54. The summed E-state index contributed by atoms with van der Waals surface area (Å²) in [6.07, 6.45) is 2.07. The predicted octanol–water partition coefficient (Wildman–Crippen LogP) is 3.27. The summed E-state index contributed by atoms with van der Waals surface area (Å²) in [5.41, 5.74) is 10.8. The number of methoxy groups -OCH3 is 1. The Morgan fingerprint density at radius 1 is 1.12 bits per heavy atom. The van der Waals surface area contributed by atoms with Crippen LogP contribution in [0.15, 0.2) is 4.47 Å². The van der Waals surface area contributed by atoms with Crippen molar-refractivity contribution in [1.82, 2.24) is 0 Å². The first-order valence-electron chi connectivity index (χ1n) is 5.56. The van der Waals surface area contributed by atoms with Gasteiger partial charge in [0.15, 0.2) is 0 Å². The van der Waals surface area contributed by atoms with Gasteiger partial charge in [-0.15, -0.1) is 0 Å². The van der Waals surface area contributed by atoms with Crippen molar-refractivity contribution in [2.75, 3.05) is 13.7 Å². The second kappa shape index (κ2) is 5.69. The summed E-state index contributed by atoms with van der Waals surface area (Å²) >= 11 is 3.61. The molecule has 2 nitrogen and oxygen atoms in total. The van der Waals surface area contributed by atoms with Gasteiger partial charge in [0.25, 0.3) is 0 Å². The molecule has 1 rings (SSSR count). The first-order valence-corrected chi connectivity index (χ1v) is 6.36. The number of nitrogens with two attached hydrogens (primary N) is 1. The van der Waals surface area contributed by atoms with Crippen molar-refractivity contribution >= 4 is 15.9 Å². The van der Waals surface area contributed by atoms with Crippen LogP contribution in [0.4, 0.5) is 0 Å². The third-order valence-corrected chi connectivity index (χ3v) is 4.13. The van der Waals surface area contributed by atoms with Crippen molar-refractivity contribution in [3.63, 3.8) is 0 Å². The SMILES string of the molecule is COc1c(C)c(C)c(CCCN)c(C)c1Br. The molecule has 0 saturated carbocycles. The predicted molar refractivity (Wildman–Crippen MR) is 72.3 cm³/mol. The largest absolute Gasteiger partial charge is 0.495 e. The van der Waals surface area contributed by atoms with Gasteiger partial charge in [0, 0.05) is 0 Å². The van der Waals surface area contributed by atoms with Gasteiger partial charge >= 0.3 is 0 Å². The van der Waals surface area contributed by atoms with Crippen LogP contribution in [0.25, 0.3) is 0 Å². The number of benzene rings is 1. The molecule has 2 N–H and O–H groups in total. The molecule has 3 heteroatoms. The van der Waals surface area contributed by atoms with E-state index in [0.29, 0.717) is 0 Å². The fraction of sp³-hybridized carbons (Fsp3) is 0.538. The molecule has 0 aliphatic heterocycles. The molecule has 0 saturated heterocycles. The van der Waals surface area contributed by atoms with Gasteiger partial charge in [0.2, 0.25) is 0 Å². The summed E-state index contributed by atoms with van der Waals surface area (Å²) in [5.74, 6) is 0.950. The van der Waals surface area contributed by atoms with E-state index in [9.17, 15) is 0 Å². The second-order valence-electron chi connectivity index (χ2n) is 4.09. The molecule has 0 fully saturated rings. The molecular formula is C13H20BrNO. The highest BCUT2D eigenvalue weighted by molar-refractivity contribution is 9.10. The van der Waals surface area contributed by atoms with Crippen LogP contribution in [0.5, 0.6) is 5.75 Å². The number of halogens is 1. The molecule has 1 aromatic carbocycles. The molecule has 0 spiro atoms. The van der Waals surface area contributed by atoms with Gasteiger partial charge in [-0.3, -0.25) is 0 Å². The van der Waals surface area contributed by atoms with Crippen molar-refractivity contribution in [3.05, 3.63) is 26.7 Å². The summed E-state index contributed by atoms with van der Waals surface area (Å²) in [5, 5.41) is 0. The highest BCUT2D eigenvalue weighted by atomic mass is 79.9. The minimum absolute atomic E-state index is 0.738. The summed E-state index contributed by atoms with van der Waals surface area (Å²) in [7, 11) is 1.71. The van der Waals surface area contributed by atoms with Gasteiger partial charge in [-0.1, -0.05) is 0 Å². The molecule has 0 radical (unpaired) electrons. The first kappa shape index (κ1) is 13.5. The maximum atomic E-state index is 5.57. The van der Waals surface area contributed by atoms with Crippen molar-refractivity contribution in [2.45, 2.75) is 33.6 Å². The van der Waals surface area contributed by atoms with E-state index in [1.54, 1.807) is 7.11 Å². The van der Waals surface area contributed by atoms with Gasteiger partial charge in [0.05, 0.1) is 11.6 Å². The van der Waals surface area contributed by atoms with Gasteiger partial charge in [-0.2, -0.15) is 0 Å². The average molecular weight is 286 g/mol. The number of hydrogen-bond acceptors (Lipinski definition) is 2. The lowest BCUT2D eigenvalue weighted by Crippen LogP contribution is -2.05. The molecule has 0 heterocycles. The van der Waals surface area contributed by atoms with E-state index in [1.165, 1.54) is 22.3 Å².